The standard InChI is InChI=1S/C8H7F2NO2/c1-13-8-3-5(9)2-7(10)6(8)4-11-12/h2-4,12H,1H3/b11-4+. The Hall–Kier alpha value is -1.65. The molecule has 13 heavy (non-hydrogen) atoms. The van der Waals surface area contributed by atoms with Gasteiger partial charge in [0.25, 0.3) is 0 Å². The van der Waals surface area contributed by atoms with Gasteiger partial charge in [-0.3, -0.25) is 0 Å². The third-order valence-corrected chi connectivity index (χ3v) is 1.46. The minimum atomic E-state index is -0.838. The van der Waals surface area contributed by atoms with Crippen molar-refractivity contribution in [1.29, 1.82) is 0 Å². The van der Waals surface area contributed by atoms with E-state index in [1.165, 1.54) is 7.11 Å². The molecule has 0 bridgehead atoms. The van der Waals surface area contributed by atoms with Crippen LogP contribution in [0.5, 0.6) is 5.75 Å². The van der Waals surface area contributed by atoms with Gasteiger partial charge < -0.3 is 9.94 Å². The molecule has 0 amide bonds. The van der Waals surface area contributed by atoms with Crippen LogP contribution in [0.2, 0.25) is 0 Å². The fourth-order valence-corrected chi connectivity index (χ4v) is 0.913. The first kappa shape index (κ1) is 9.44. The molecule has 0 aliphatic rings. The highest BCUT2D eigenvalue weighted by molar-refractivity contribution is 5.83. The molecule has 0 unspecified atom stereocenters. The van der Waals surface area contributed by atoms with E-state index < -0.39 is 11.6 Å². The summed E-state index contributed by atoms with van der Waals surface area (Å²) in [6, 6.07) is 1.68. The Morgan fingerprint density at radius 1 is 1.46 bits per heavy atom. The summed E-state index contributed by atoms with van der Waals surface area (Å²) in [5.74, 6) is -1.60. The molecule has 0 spiro atoms. The smallest absolute Gasteiger partial charge is 0.138 e. The van der Waals surface area contributed by atoms with E-state index in [4.69, 9.17) is 5.21 Å². The van der Waals surface area contributed by atoms with Crippen molar-refractivity contribution in [2.24, 2.45) is 5.16 Å². The molecular formula is C8H7F2NO2. The largest absolute Gasteiger partial charge is 0.496 e. The predicted molar refractivity (Wildman–Crippen MR) is 42.3 cm³/mol. The first-order chi connectivity index (χ1) is 6.19. The quantitative estimate of drug-likeness (QED) is 0.435. The second kappa shape index (κ2) is 3.84. The molecule has 1 aromatic rings. The molecule has 0 atom stereocenters. The second-order valence-electron chi connectivity index (χ2n) is 2.25. The highest BCUT2D eigenvalue weighted by Crippen LogP contribution is 2.21. The summed E-state index contributed by atoms with van der Waals surface area (Å²) in [5, 5.41) is 10.8. The van der Waals surface area contributed by atoms with Crippen molar-refractivity contribution in [2.75, 3.05) is 7.11 Å². The zero-order valence-corrected chi connectivity index (χ0v) is 6.79. The Labute approximate surface area is 73.2 Å². The minimum absolute atomic E-state index is 0.0182. The van der Waals surface area contributed by atoms with Gasteiger partial charge in [0, 0.05) is 12.1 Å². The Bertz CT molecular complexity index is 339. The van der Waals surface area contributed by atoms with Gasteiger partial charge in [0.1, 0.15) is 17.4 Å². The van der Waals surface area contributed by atoms with E-state index in [0.29, 0.717) is 6.07 Å². The number of ether oxygens (including phenoxy) is 1. The molecule has 1 N–H and O–H groups in total. The van der Waals surface area contributed by atoms with E-state index in [0.717, 1.165) is 12.3 Å². The number of oxime groups is 1. The molecule has 3 nitrogen and oxygen atoms in total. The van der Waals surface area contributed by atoms with Crippen molar-refractivity contribution in [1.82, 2.24) is 0 Å². The van der Waals surface area contributed by atoms with E-state index in [2.05, 4.69) is 9.89 Å². The summed E-state index contributed by atoms with van der Waals surface area (Å²) in [7, 11) is 1.27. The number of methoxy groups -OCH3 is 1. The van der Waals surface area contributed by atoms with Crippen LogP contribution in [0.25, 0.3) is 0 Å². The van der Waals surface area contributed by atoms with Crippen LogP contribution in [0.15, 0.2) is 17.3 Å². The molecule has 0 aromatic heterocycles. The van der Waals surface area contributed by atoms with Crippen molar-refractivity contribution < 1.29 is 18.7 Å². The predicted octanol–water partition coefficient (Wildman–Crippen LogP) is 1.78. The van der Waals surface area contributed by atoms with Crippen LogP contribution in [0, 0.1) is 11.6 Å². The zero-order valence-electron chi connectivity index (χ0n) is 6.79. The number of halogens is 2. The summed E-state index contributed by atoms with van der Waals surface area (Å²) in [5.41, 5.74) is -0.0913. The lowest BCUT2D eigenvalue weighted by atomic mass is 10.2. The van der Waals surface area contributed by atoms with Gasteiger partial charge in [-0.15, -0.1) is 0 Å². The Balaban J connectivity index is 3.29. The molecule has 0 saturated heterocycles. The molecule has 0 aliphatic carbocycles. The maximum absolute atomic E-state index is 13.0. The molecule has 5 heteroatoms. The van der Waals surface area contributed by atoms with E-state index >= 15 is 0 Å². The van der Waals surface area contributed by atoms with Crippen LogP contribution in [-0.2, 0) is 0 Å². The highest BCUT2D eigenvalue weighted by atomic mass is 19.1. The van der Waals surface area contributed by atoms with Gasteiger partial charge in [0.15, 0.2) is 0 Å². The maximum Gasteiger partial charge on any atom is 0.138 e. The number of benzene rings is 1. The van der Waals surface area contributed by atoms with Crippen molar-refractivity contribution in [3.05, 3.63) is 29.3 Å². The Kier molecular flexibility index (Phi) is 2.79. The topological polar surface area (TPSA) is 41.8 Å². The fourth-order valence-electron chi connectivity index (χ4n) is 0.913. The Morgan fingerprint density at radius 3 is 2.69 bits per heavy atom. The molecule has 1 rings (SSSR count). The van der Waals surface area contributed by atoms with Crippen molar-refractivity contribution in [3.8, 4) is 5.75 Å². The third-order valence-electron chi connectivity index (χ3n) is 1.46. The monoisotopic (exact) mass is 187 g/mol. The molecule has 0 saturated carbocycles. The fraction of sp³-hybridized carbons (Fsp3) is 0.125. The van der Waals surface area contributed by atoms with Crippen LogP contribution in [-0.4, -0.2) is 18.5 Å². The SMILES string of the molecule is COc1cc(F)cc(F)c1/C=N/O. The number of rotatable bonds is 2. The lowest BCUT2D eigenvalue weighted by Crippen LogP contribution is -1.96. The van der Waals surface area contributed by atoms with Crippen LogP contribution in [0.4, 0.5) is 8.78 Å². The average molecular weight is 187 g/mol. The van der Waals surface area contributed by atoms with Crippen LogP contribution >= 0.6 is 0 Å². The number of hydrogen-bond donors (Lipinski definition) is 1. The van der Waals surface area contributed by atoms with Crippen molar-refractivity contribution in [3.63, 3.8) is 0 Å². The molecule has 0 fully saturated rings. The van der Waals surface area contributed by atoms with Crippen LogP contribution < -0.4 is 4.74 Å². The maximum atomic E-state index is 13.0. The van der Waals surface area contributed by atoms with Gasteiger partial charge in [-0.05, 0) is 0 Å². The normalized spacial score (nSPS) is 10.7. The summed E-state index contributed by atoms with van der Waals surface area (Å²) in [6.45, 7) is 0. The molecule has 70 valence electrons. The summed E-state index contributed by atoms with van der Waals surface area (Å²) in [6.07, 6.45) is 0.841. The van der Waals surface area contributed by atoms with Crippen molar-refractivity contribution in [2.45, 2.75) is 0 Å². The third kappa shape index (κ3) is 1.93. The lowest BCUT2D eigenvalue weighted by Gasteiger charge is -2.04. The average Bonchev–Trinajstić information content (AvgIpc) is 2.09. The number of nitrogens with zero attached hydrogens (tertiary/aromatic N) is 1. The van der Waals surface area contributed by atoms with Gasteiger partial charge in [0.2, 0.25) is 0 Å². The van der Waals surface area contributed by atoms with E-state index in [-0.39, 0.29) is 11.3 Å². The van der Waals surface area contributed by atoms with Crippen LogP contribution in [0.3, 0.4) is 0 Å². The molecule has 1 aromatic carbocycles. The summed E-state index contributed by atoms with van der Waals surface area (Å²) in [4.78, 5) is 0. The van der Waals surface area contributed by atoms with E-state index in [1.54, 1.807) is 0 Å². The molecule has 0 aliphatic heterocycles. The highest BCUT2D eigenvalue weighted by Gasteiger charge is 2.09. The van der Waals surface area contributed by atoms with Crippen molar-refractivity contribution >= 4 is 6.21 Å². The van der Waals surface area contributed by atoms with Gasteiger partial charge >= 0.3 is 0 Å². The lowest BCUT2D eigenvalue weighted by molar-refractivity contribution is 0.321. The first-order valence-electron chi connectivity index (χ1n) is 3.39. The van der Waals surface area contributed by atoms with Crippen LogP contribution in [0.1, 0.15) is 5.56 Å². The minimum Gasteiger partial charge on any atom is -0.496 e. The summed E-state index contributed by atoms with van der Waals surface area (Å²) < 4.78 is 30.2. The van der Waals surface area contributed by atoms with E-state index in [1.807, 2.05) is 0 Å². The zero-order chi connectivity index (χ0) is 9.84. The number of hydrogen-bond acceptors (Lipinski definition) is 3. The van der Waals surface area contributed by atoms with E-state index in [9.17, 15) is 8.78 Å². The first-order valence-corrected chi connectivity index (χ1v) is 3.39. The summed E-state index contributed by atoms with van der Waals surface area (Å²) >= 11 is 0. The Morgan fingerprint density at radius 2 is 2.15 bits per heavy atom. The molecular weight excluding hydrogens is 180 g/mol. The van der Waals surface area contributed by atoms with Gasteiger partial charge in [-0.25, -0.2) is 8.78 Å². The van der Waals surface area contributed by atoms with Gasteiger partial charge in [-0.1, -0.05) is 5.16 Å². The second-order valence-corrected chi connectivity index (χ2v) is 2.25. The van der Waals surface area contributed by atoms with Gasteiger partial charge in [-0.2, -0.15) is 0 Å². The molecule has 0 radical (unpaired) electrons. The molecule has 0 heterocycles. The van der Waals surface area contributed by atoms with Gasteiger partial charge in [0.05, 0.1) is 18.9 Å².